The predicted molar refractivity (Wildman–Crippen MR) is 74.5 cm³/mol. The standard InChI is InChI=1S/C16H12N2O2/c19-15-9-5-1-3-7-11(9)17-13(15)14-16(20)10-6-2-4-8-12(10)18-14/h1-8,17-20H/p-2/i1D,2D,3D,4D,7D,8D/hD2. The molecule has 20 heavy (non-hydrogen) atoms. The Bertz CT molecular complexity index is 1220. The number of fused-ring (bicyclic) bond motifs is 2. The molecule has 98 valence electrons. The first-order valence-electron chi connectivity index (χ1n) is 9.60. The van der Waals surface area contributed by atoms with Crippen LogP contribution in [0.1, 0.15) is 8.22 Å². The molecule has 2 N–H and O–H groups in total. The number of aromatic nitrogens is 2. The molecule has 4 heteroatoms. The number of H-pyrrole nitrogens is 2. The van der Waals surface area contributed by atoms with Crippen molar-refractivity contribution in [2.24, 2.45) is 0 Å². The monoisotopic (exact) mass is 270 g/mol. The molecule has 0 fully saturated rings. The molecule has 4 nitrogen and oxygen atoms in total. The Balaban J connectivity index is 2.20. The molecule has 2 heterocycles. The Morgan fingerprint density at radius 3 is 1.70 bits per heavy atom. The molecule has 4 rings (SSSR count). The summed E-state index contributed by atoms with van der Waals surface area (Å²) in [4.78, 5) is 0.982. The largest absolute Gasteiger partial charge is 0.871 e. The maximum absolute atomic E-state index is 12.8. The van der Waals surface area contributed by atoms with E-state index in [0.29, 0.717) is 9.95 Å². The van der Waals surface area contributed by atoms with E-state index >= 15 is 0 Å². The number of rotatable bonds is 1. The lowest BCUT2D eigenvalue weighted by Crippen LogP contribution is -1.95. The number of nitrogens with one attached hydrogen (secondary N) is 2. The molecule has 0 aliphatic rings. The van der Waals surface area contributed by atoms with E-state index in [2.05, 4.69) is 0 Å². The third-order valence-electron chi connectivity index (χ3n) is 3.04. The Morgan fingerprint density at radius 1 is 0.800 bits per heavy atom. The van der Waals surface area contributed by atoms with E-state index < -0.39 is 47.1 Å². The average Bonchev–Trinajstić information content (AvgIpc) is 3.02. The highest BCUT2D eigenvalue weighted by molar-refractivity contribution is 5.98. The number of hydrogen-bond donors (Lipinski definition) is 2. The maximum atomic E-state index is 12.8. The number of aromatic amines is 2. The molecule has 0 bridgehead atoms. The summed E-state index contributed by atoms with van der Waals surface area (Å²) >= 11 is 0. The summed E-state index contributed by atoms with van der Waals surface area (Å²) in [5.41, 5.74) is -1.61. The van der Waals surface area contributed by atoms with Gasteiger partial charge in [0.1, 0.15) is 0 Å². The zero-order chi connectivity index (χ0) is 20.7. The fourth-order valence-corrected chi connectivity index (χ4v) is 2.10. The van der Waals surface area contributed by atoms with Crippen molar-refractivity contribution in [3.05, 3.63) is 48.4 Å². The second-order valence-electron chi connectivity index (χ2n) is 4.18. The molecule has 2 aromatic carbocycles. The number of hydrogen-bond acceptors (Lipinski definition) is 2. The lowest BCUT2D eigenvalue weighted by molar-refractivity contribution is -0.268. The Hall–Kier alpha value is -2.88. The summed E-state index contributed by atoms with van der Waals surface area (Å²) in [6.45, 7) is 0. The second-order valence-corrected chi connectivity index (χ2v) is 4.18. The molecule has 0 saturated carbocycles. The first-order chi connectivity index (χ1) is 13.1. The van der Waals surface area contributed by atoms with Crippen molar-refractivity contribution in [1.82, 2.24) is 9.95 Å². The molecular formula is C16H10N2O2-2. The normalized spacial score (nSPS) is 17.0. The van der Waals surface area contributed by atoms with Crippen LogP contribution in [0.15, 0.2) is 48.4 Å². The van der Waals surface area contributed by atoms with Gasteiger partial charge in [-0.05, 0) is 22.9 Å². The summed E-state index contributed by atoms with van der Waals surface area (Å²) in [6.07, 6.45) is 0. The van der Waals surface area contributed by atoms with Crippen molar-refractivity contribution >= 4 is 21.8 Å². The SMILES string of the molecule is [2H]c1cc2c([O-])c(-c3c([O-])c4cc([2H])c([2H])c([2H])c4n3[2H])n([2H])c2c([2H])c1[2H]. The van der Waals surface area contributed by atoms with Gasteiger partial charge >= 0.3 is 0 Å². The molecule has 0 atom stereocenters. The molecule has 0 radical (unpaired) electrons. The van der Waals surface area contributed by atoms with Crippen molar-refractivity contribution in [2.45, 2.75) is 0 Å². The highest BCUT2D eigenvalue weighted by atomic mass is 16.3. The molecule has 2 aromatic heterocycles. The van der Waals surface area contributed by atoms with Gasteiger partial charge < -0.3 is 20.2 Å². The zero-order valence-corrected chi connectivity index (χ0v) is 9.87. The zero-order valence-electron chi connectivity index (χ0n) is 17.9. The highest BCUT2D eigenvalue weighted by Crippen LogP contribution is 2.39. The molecule has 0 aliphatic carbocycles. The van der Waals surface area contributed by atoms with Gasteiger partial charge in [-0.15, -0.1) is 0 Å². The van der Waals surface area contributed by atoms with Crippen LogP contribution in [0.3, 0.4) is 0 Å². The van der Waals surface area contributed by atoms with Crippen molar-refractivity contribution in [1.29, 1.82) is 0 Å². The summed E-state index contributed by atoms with van der Waals surface area (Å²) in [5.74, 6) is -1.71. The topological polar surface area (TPSA) is 77.7 Å². The van der Waals surface area contributed by atoms with Gasteiger partial charge in [0.15, 0.2) is 2.82 Å². The van der Waals surface area contributed by atoms with E-state index in [1.54, 1.807) is 0 Å². The fourth-order valence-electron chi connectivity index (χ4n) is 2.10. The third kappa shape index (κ3) is 1.36. The minimum Gasteiger partial charge on any atom is -0.871 e. The van der Waals surface area contributed by atoms with Gasteiger partial charge in [-0.25, -0.2) is 0 Å². The van der Waals surface area contributed by atoms with Gasteiger partial charge in [0.25, 0.3) is 0 Å². The van der Waals surface area contributed by atoms with E-state index in [-0.39, 0.29) is 33.9 Å². The van der Waals surface area contributed by atoms with Gasteiger partial charge in [-0.1, -0.05) is 47.8 Å². The number of benzene rings is 2. The number of para-hydroxylation sites is 2. The molecule has 4 aromatic rings. The van der Waals surface area contributed by atoms with E-state index in [4.69, 9.17) is 11.0 Å². The van der Waals surface area contributed by atoms with Gasteiger partial charge in [0, 0.05) is 11.0 Å². The lowest BCUT2D eigenvalue weighted by Gasteiger charge is -2.11. The molecule has 0 unspecified atom stereocenters. The van der Waals surface area contributed by atoms with Crippen LogP contribution in [0.2, 0.25) is 2.82 Å². The summed E-state index contributed by atoms with van der Waals surface area (Å²) in [5, 5.41) is 25.3. The maximum Gasteiger partial charge on any atom is 0.167 e. The first kappa shape index (κ1) is 5.63. The third-order valence-corrected chi connectivity index (χ3v) is 3.04. The van der Waals surface area contributed by atoms with Crippen molar-refractivity contribution in [3.8, 4) is 22.9 Å². The van der Waals surface area contributed by atoms with Crippen molar-refractivity contribution < 1.29 is 21.3 Å². The first-order valence-corrected chi connectivity index (χ1v) is 5.71. The lowest BCUT2D eigenvalue weighted by atomic mass is 10.2. The summed E-state index contributed by atoms with van der Waals surface area (Å²) < 4.78 is 63.1. The summed E-state index contributed by atoms with van der Waals surface area (Å²) in [7, 11) is 0. The van der Waals surface area contributed by atoms with E-state index in [9.17, 15) is 10.2 Å². The van der Waals surface area contributed by atoms with E-state index in [1.165, 1.54) is 0 Å². The van der Waals surface area contributed by atoms with Gasteiger partial charge in [0.2, 0.25) is 0 Å². The van der Waals surface area contributed by atoms with Crippen LogP contribution in [0, 0.1) is 0 Å². The molecule has 0 spiro atoms. The average molecular weight is 270 g/mol. The van der Waals surface area contributed by atoms with Crippen LogP contribution < -0.4 is 10.2 Å². The van der Waals surface area contributed by atoms with Crippen LogP contribution in [-0.4, -0.2) is 9.95 Å². The van der Waals surface area contributed by atoms with Crippen LogP contribution in [0.4, 0.5) is 0 Å². The van der Waals surface area contributed by atoms with Gasteiger partial charge in [0.05, 0.1) is 19.6 Å². The Morgan fingerprint density at radius 2 is 1.25 bits per heavy atom. The van der Waals surface area contributed by atoms with Crippen molar-refractivity contribution in [3.63, 3.8) is 0 Å². The van der Waals surface area contributed by atoms with Gasteiger partial charge in [-0.3, -0.25) is 0 Å². The highest BCUT2D eigenvalue weighted by Gasteiger charge is 2.10. The van der Waals surface area contributed by atoms with Crippen LogP contribution in [-0.2, 0) is 0 Å². The minimum absolute atomic E-state index is 0.200. The van der Waals surface area contributed by atoms with Crippen LogP contribution >= 0.6 is 0 Å². The second kappa shape index (κ2) is 3.81. The quantitative estimate of drug-likeness (QED) is 0.557. The molecule has 0 saturated heterocycles. The molecule has 0 aliphatic heterocycles. The van der Waals surface area contributed by atoms with Crippen LogP contribution in [0.25, 0.3) is 33.2 Å². The van der Waals surface area contributed by atoms with Crippen LogP contribution in [0.5, 0.6) is 11.5 Å². The predicted octanol–water partition coefficient (Wildman–Crippen LogP) is 2.46. The smallest absolute Gasteiger partial charge is 0.167 e. The van der Waals surface area contributed by atoms with E-state index in [0.717, 1.165) is 12.1 Å². The van der Waals surface area contributed by atoms with Gasteiger partial charge in [-0.2, -0.15) is 0 Å². The minimum atomic E-state index is -0.857. The molecular weight excluding hydrogens is 252 g/mol. The van der Waals surface area contributed by atoms with Crippen molar-refractivity contribution in [2.75, 3.05) is 0 Å². The van der Waals surface area contributed by atoms with E-state index in [1.807, 2.05) is 0 Å². The summed E-state index contributed by atoms with van der Waals surface area (Å²) in [6, 6.07) is -0.706. The Labute approximate surface area is 125 Å². The molecule has 0 amide bonds. The Kier molecular flexibility index (Phi) is 1.07. The fraction of sp³-hybridized carbons (Fsp3) is 0.